The molecule has 0 atom stereocenters. The van der Waals surface area contributed by atoms with Gasteiger partial charge in [0, 0.05) is 23.4 Å². The van der Waals surface area contributed by atoms with Crippen molar-refractivity contribution in [3.05, 3.63) is 96.7 Å². The van der Waals surface area contributed by atoms with E-state index in [1.54, 1.807) is 30.5 Å². The molecular weight excluding hydrogens is 374 g/mol. The number of anilines is 1. The molecule has 1 aromatic heterocycles. The van der Waals surface area contributed by atoms with Gasteiger partial charge in [-0.25, -0.2) is 9.97 Å². The second-order valence-corrected chi connectivity index (χ2v) is 6.77. The average Bonchev–Trinajstić information content (AvgIpc) is 2.78. The Morgan fingerprint density at radius 3 is 2.43 bits per heavy atom. The highest BCUT2D eigenvalue weighted by Crippen LogP contribution is 2.37. The lowest BCUT2D eigenvalue weighted by Gasteiger charge is -2.13. The number of phenols is 1. The van der Waals surface area contributed by atoms with Gasteiger partial charge in [0.2, 0.25) is 5.95 Å². The molecule has 0 spiro atoms. The summed E-state index contributed by atoms with van der Waals surface area (Å²) in [6.07, 6.45) is 3.47. The van der Waals surface area contributed by atoms with Crippen molar-refractivity contribution < 1.29 is 9.84 Å². The molecule has 3 aromatic carbocycles. The van der Waals surface area contributed by atoms with Crippen molar-refractivity contribution in [3.63, 3.8) is 0 Å². The van der Waals surface area contributed by atoms with Gasteiger partial charge in [-0.05, 0) is 28.8 Å². The Balaban J connectivity index is 1.60. The Hall–Kier alpha value is -4.12. The van der Waals surface area contributed by atoms with Crippen LogP contribution in [0.3, 0.4) is 0 Å². The molecule has 0 aliphatic heterocycles. The molecule has 5 nitrogen and oxygen atoms in total. The lowest BCUT2D eigenvalue weighted by molar-refractivity contribution is 0.304. The van der Waals surface area contributed by atoms with Crippen LogP contribution in [0.1, 0.15) is 11.1 Å². The van der Waals surface area contributed by atoms with E-state index in [-0.39, 0.29) is 11.7 Å². The highest BCUT2D eigenvalue weighted by Gasteiger charge is 2.15. The average molecular weight is 395 g/mol. The molecule has 0 saturated carbocycles. The van der Waals surface area contributed by atoms with Crippen molar-refractivity contribution >= 4 is 12.0 Å². The fourth-order valence-electron chi connectivity index (χ4n) is 3.15. The number of nitrogens with zero attached hydrogens (tertiary/aromatic N) is 2. The Kier molecular flexibility index (Phi) is 5.44. The number of rotatable bonds is 6. The third kappa shape index (κ3) is 4.15. The first-order valence-corrected chi connectivity index (χ1v) is 9.49. The van der Waals surface area contributed by atoms with Crippen molar-refractivity contribution in [1.82, 2.24) is 9.97 Å². The number of benzene rings is 3. The lowest BCUT2D eigenvalue weighted by atomic mass is 10.00. The van der Waals surface area contributed by atoms with E-state index in [2.05, 4.69) is 16.5 Å². The maximum absolute atomic E-state index is 10.7. The van der Waals surface area contributed by atoms with Gasteiger partial charge < -0.3 is 15.6 Å². The van der Waals surface area contributed by atoms with Crippen molar-refractivity contribution in [2.75, 3.05) is 5.73 Å². The second-order valence-electron chi connectivity index (χ2n) is 6.77. The molecule has 0 bridgehead atoms. The molecule has 0 unspecified atom stereocenters. The number of ether oxygens (including phenoxy) is 1. The predicted molar refractivity (Wildman–Crippen MR) is 120 cm³/mol. The summed E-state index contributed by atoms with van der Waals surface area (Å²) < 4.78 is 5.83. The van der Waals surface area contributed by atoms with Crippen LogP contribution in [-0.4, -0.2) is 15.1 Å². The quantitative estimate of drug-likeness (QED) is 0.462. The Morgan fingerprint density at radius 2 is 1.73 bits per heavy atom. The standard InChI is InChI=1S/C25H21N3O2/c1-2-17-8-10-18(11-9-17)16-30-20-12-13-21(23(29)14-20)24-22(15-27-25(26)28-24)19-6-4-3-5-7-19/h2-15,29H,1,16H2,(H2,26,27,28). The van der Waals surface area contributed by atoms with Gasteiger partial charge in [0.15, 0.2) is 0 Å². The molecule has 0 saturated heterocycles. The van der Waals surface area contributed by atoms with Gasteiger partial charge in [-0.1, -0.05) is 67.3 Å². The van der Waals surface area contributed by atoms with Gasteiger partial charge in [-0.2, -0.15) is 0 Å². The first-order chi connectivity index (χ1) is 14.6. The van der Waals surface area contributed by atoms with Crippen LogP contribution in [0.2, 0.25) is 0 Å². The van der Waals surface area contributed by atoms with Gasteiger partial charge in [-0.3, -0.25) is 0 Å². The molecule has 4 rings (SSSR count). The zero-order valence-electron chi connectivity index (χ0n) is 16.3. The van der Waals surface area contributed by atoms with Gasteiger partial charge >= 0.3 is 0 Å². The third-order valence-electron chi connectivity index (χ3n) is 4.74. The molecule has 148 valence electrons. The molecule has 1 heterocycles. The van der Waals surface area contributed by atoms with Crippen LogP contribution < -0.4 is 10.5 Å². The Labute approximate surface area is 175 Å². The predicted octanol–water partition coefficient (Wildman–Crippen LogP) is 5.32. The fourth-order valence-corrected chi connectivity index (χ4v) is 3.15. The molecule has 0 aliphatic carbocycles. The van der Waals surface area contributed by atoms with Crippen LogP contribution in [0.15, 0.2) is 85.6 Å². The number of hydrogen-bond donors (Lipinski definition) is 2. The van der Waals surface area contributed by atoms with E-state index in [0.29, 0.717) is 23.6 Å². The third-order valence-corrected chi connectivity index (χ3v) is 4.74. The van der Waals surface area contributed by atoms with E-state index in [4.69, 9.17) is 10.5 Å². The monoisotopic (exact) mass is 395 g/mol. The number of nitrogen functional groups attached to an aromatic ring is 1. The lowest BCUT2D eigenvalue weighted by Crippen LogP contribution is -1.99. The topological polar surface area (TPSA) is 81.3 Å². The van der Waals surface area contributed by atoms with E-state index < -0.39 is 0 Å². The van der Waals surface area contributed by atoms with Crippen LogP contribution >= 0.6 is 0 Å². The van der Waals surface area contributed by atoms with Crippen molar-refractivity contribution in [2.24, 2.45) is 0 Å². The summed E-state index contributed by atoms with van der Waals surface area (Å²) in [5, 5.41) is 10.7. The summed E-state index contributed by atoms with van der Waals surface area (Å²) in [5.74, 6) is 0.768. The summed E-state index contributed by atoms with van der Waals surface area (Å²) in [4.78, 5) is 8.50. The first-order valence-electron chi connectivity index (χ1n) is 9.49. The first kappa shape index (κ1) is 19.2. The largest absolute Gasteiger partial charge is 0.507 e. The van der Waals surface area contributed by atoms with Crippen LogP contribution in [0.5, 0.6) is 11.5 Å². The normalized spacial score (nSPS) is 10.5. The zero-order valence-corrected chi connectivity index (χ0v) is 16.3. The van der Waals surface area contributed by atoms with E-state index >= 15 is 0 Å². The minimum Gasteiger partial charge on any atom is -0.507 e. The van der Waals surface area contributed by atoms with Crippen LogP contribution in [0, 0.1) is 0 Å². The molecule has 0 aliphatic rings. The van der Waals surface area contributed by atoms with Crippen molar-refractivity contribution in [1.29, 1.82) is 0 Å². The minimum absolute atomic E-state index is 0.0600. The summed E-state index contributed by atoms with van der Waals surface area (Å²) in [5.41, 5.74) is 10.8. The van der Waals surface area contributed by atoms with E-state index in [0.717, 1.165) is 22.3 Å². The van der Waals surface area contributed by atoms with E-state index in [1.165, 1.54) is 0 Å². The summed E-state index contributed by atoms with van der Waals surface area (Å²) in [7, 11) is 0. The molecule has 0 radical (unpaired) electrons. The van der Waals surface area contributed by atoms with Crippen molar-refractivity contribution in [3.8, 4) is 33.9 Å². The SMILES string of the molecule is C=Cc1ccc(COc2ccc(-c3nc(N)ncc3-c3ccccc3)c(O)c2)cc1. The highest BCUT2D eigenvalue weighted by atomic mass is 16.5. The van der Waals surface area contributed by atoms with Gasteiger partial charge in [0.1, 0.15) is 18.1 Å². The molecule has 0 fully saturated rings. The minimum atomic E-state index is 0.0600. The smallest absolute Gasteiger partial charge is 0.220 e. The maximum atomic E-state index is 10.7. The maximum Gasteiger partial charge on any atom is 0.220 e. The number of aromatic hydroxyl groups is 1. The molecule has 5 heteroatoms. The Morgan fingerprint density at radius 1 is 0.967 bits per heavy atom. The molecular formula is C25H21N3O2. The van der Waals surface area contributed by atoms with Crippen LogP contribution in [-0.2, 0) is 6.61 Å². The molecule has 3 N–H and O–H groups in total. The highest BCUT2D eigenvalue weighted by molar-refractivity contribution is 5.83. The van der Waals surface area contributed by atoms with E-state index in [1.807, 2.05) is 54.6 Å². The number of nitrogens with two attached hydrogens (primary N) is 1. The number of aromatic nitrogens is 2. The van der Waals surface area contributed by atoms with Crippen LogP contribution in [0.25, 0.3) is 28.5 Å². The zero-order chi connectivity index (χ0) is 20.9. The van der Waals surface area contributed by atoms with Gasteiger partial charge in [-0.15, -0.1) is 0 Å². The molecule has 30 heavy (non-hydrogen) atoms. The van der Waals surface area contributed by atoms with Gasteiger partial charge in [0.25, 0.3) is 0 Å². The number of phenolic OH excluding ortho intramolecular Hbond substituents is 1. The number of hydrogen-bond acceptors (Lipinski definition) is 5. The summed E-state index contributed by atoms with van der Waals surface area (Å²) in [6.45, 7) is 4.15. The summed E-state index contributed by atoms with van der Waals surface area (Å²) in [6, 6.07) is 22.9. The summed E-state index contributed by atoms with van der Waals surface area (Å²) >= 11 is 0. The molecule has 4 aromatic rings. The van der Waals surface area contributed by atoms with Crippen LogP contribution in [0.4, 0.5) is 5.95 Å². The molecule has 0 amide bonds. The van der Waals surface area contributed by atoms with Crippen molar-refractivity contribution in [2.45, 2.75) is 6.61 Å². The van der Waals surface area contributed by atoms with Gasteiger partial charge in [0.05, 0.1) is 5.69 Å². The fraction of sp³-hybridized carbons (Fsp3) is 0.0400. The Bertz CT molecular complexity index is 1170. The van der Waals surface area contributed by atoms with E-state index in [9.17, 15) is 5.11 Å². The second kappa shape index (κ2) is 8.49.